The fraction of sp³-hybridized carbons (Fsp3) is 0.400. The maximum absolute atomic E-state index is 6.02. The van der Waals surface area contributed by atoms with Crippen LogP contribution in [0.5, 0.6) is 0 Å². The van der Waals surface area contributed by atoms with Crippen molar-refractivity contribution in [3.8, 4) is 11.1 Å². The third-order valence-electron chi connectivity index (χ3n) is 3.81. The van der Waals surface area contributed by atoms with Crippen molar-refractivity contribution in [3.63, 3.8) is 0 Å². The van der Waals surface area contributed by atoms with Crippen LogP contribution in [0.1, 0.15) is 25.7 Å². The highest BCUT2D eigenvalue weighted by molar-refractivity contribution is 7.11. The van der Waals surface area contributed by atoms with Crippen molar-refractivity contribution in [1.82, 2.24) is 4.37 Å². The molecule has 1 aliphatic rings. The van der Waals surface area contributed by atoms with Gasteiger partial charge in [0.15, 0.2) is 0 Å². The molecule has 0 spiro atoms. The second-order valence-electron chi connectivity index (χ2n) is 5.17. The van der Waals surface area contributed by atoms with Crippen molar-refractivity contribution >= 4 is 22.4 Å². The summed E-state index contributed by atoms with van der Waals surface area (Å²) in [6.45, 7) is 1.04. The summed E-state index contributed by atoms with van der Waals surface area (Å²) in [6, 6.07) is 10.3. The van der Waals surface area contributed by atoms with Crippen LogP contribution in [0.3, 0.4) is 0 Å². The van der Waals surface area contributed by atoms with Gasteiger partial charge in [-0.25, -0.2) is 0 Å². The molecule has 1 saturated carbocycles. The van der Waals surface area contributed by atoms with E-state index in [0.717, 1.165) is 28.6 Å². The number of nitrogens with two attached hydrogens (primary N) is 1. The Hall–Kier alpha value is -1.55. The summed E-state index contributed by atoms with van der Waals surface area (Å²) in [5.74, 6) is 1.44. The van der Waals surface area contributed by atoms with Gasteiger partial charge in [0, 0.05) is 6.54 Å². The zero-order chi connectivity index (χ0) is 13.1. The van der Waals surface area contributed by atoms with Crippen molar-refractivity contribution in [2.24, 2.45) is 5.92 Å². The molecule has 0 radical (unpaired) electrons. The van der Waals surface area contributed by atoms with Crippen molar-refractivity contribution < 1.29 is 0 Å². The van der Waals surface area contributed by atoms with Crippen LogP contribution in [0.25, 0.3) is 11.1 Å². The van der Waals surface area contributed by atoms with E-state index in [1.807, 2.05) is 18.2 Å². The summed E-state index contributed by atoms with van der Waals surface area (Å²) in [4.78, 5) is 0. The lowest BCUT2D eigenvalue weighted by Gasteiger charge is -2.11. The van der Waals surface area contributed by atoms with Gasteiger partial charge < -0.3 is 11.1 Å². The van der Waals surface area contributed by atoms with E-state index in [4.69, 9.17) is 5.73 Å². The van der Waals surface area contributed by atoms with Gasteiger partial charge >= 0.3 is 0 Å². The summed E-state index contributed by atoms with van der Waals surface area (Å²) in [5.41, 5.74) is 8.22. The molecular formula is C15H19N3S. The number of benzene rings is 1. The molecule has 0 atom stereocenters. The van der Waals surface area contributed by atoms with Crippen LogP contribution in [-0.4, -0.2) is 10.9 Å². The first-order valence-corrected chi connectivity index (χ1v) is 7.66. The largest absolute Gasteiger partial charge is 0.382 e. The second kappa shape index (κ2) is 5.61. The summed E-state index contributed by atoms with van der Waals surface area (Å²) in [6.07, 6.45) is 5.45. The molecular weight excluding hydrogens is 254 g/mol. The topological polar surface area (TPSA) is 50.9 Å². The molecule has 0 amide bonds. The molecule has 0 saturated heterocycles. The van der Waals surface area contributed by atoms with E-state index >= 15 is 0 Å². The zero-order valence-corrected chi connectivity index (χ0v) is 11.7. The standard InChI is InChI=1S/C15H19N3S/c16-14-13(12-8-2-1-3-9-12)15(19-18-14)17-10-11-6-4-5-7-11/h1-3,8-9,11,17H,4-7,10H2,(H2,16,18). The molecule has 1 fully saturated rings. The smallest absolute Gasteiger partial charge is 0.147 e. The second-order valence-corrected chi connectivity index (χ2v) is 5.94. The molecule has 1 aromatic heterocycles. The Morgan fingerprint density at radius 2 is 1.95 bits per heavy atom. The molecule has 1 heterocycles. The first kappa shape index (κ1) is 12.5. The predicted octanol–water partition coefficient (Wildman–Crippen LogP) is 3.99. The molecule has 100 valence electrons. The maximum atomic E-state index is 6.02. The summed E-state index contributed by atoms with van der Waals surface area (Å²) < 4.78 is 4.30. The van der Waals surface area contributed by atoms with Gasteiger partial charge in [0.25, 0.3) is 0 Å². The van der Waals surface area contributed by atoms with Gasteiger partial charge in [-0.2, -0.15) is 4.37 Å². The van der Waals surface area contributed by atoms with Crippen LogP contribution in [0.4, 0.5) is 10.8 Å². The van der Waals surface area contributed by atoms with E-state index in [1.54, 1.807) is 0 Å². The fourth-order valence-electron chi connectivity index (χ4n) is 2.76. The first-order chi connectivity index (χ1) is 9.34. The number of hydrogen-bond donors (Lipinski definition) is 2. The van der Waals surface area contributed by atoms with Crippen LogP contribution in [0.15, 0.2) is 30.3 Å². The average Bonchev–Trinajstić information content (AvgIpc) is 3.07. The highest BCUT2D eigenvalue weighted by atomic mass is 32.1. The van der Waals surface area contributed by atoms with E-state index in [2.05, 4.69) is 21.8 Å². The van der Waals surface area contributed by atoms with E-state index in [-0.39, 0.29) is 0 Å². The molecule has 3 nitrogen and oxygen atoms in total. The number of nitrogens with one attached hydrogen (secondary N) is 1. The van der Waals surface area contributed by atoms with E-state index < -0.39 is 0 Å². The lowest BCUT2D eigenvalue weighted by atomic mass is 10.1. The van der Waals surface area contributed by atoms with Crippen LogP contribution in [0.2, 0.25) is 0 Å². The van der Waals surface area contributed by atoms with Crippen molar-refractivity contribution in [1.29, 1.82) is 0 Å². The Kier molecular flexibility index (Phi) is 3.69. The highest BCUT2D eigenvalue weighted by Crippen LogP contribution is 2.37. The Bertz CT molecular complexity index is 530. The number of nitrogens with zero attached hydrogens (tertiary/aromatic N) is 1. The Morgan fingerprint density at radius 3 is 2.68 bits per heavy atom. The molecule has 3 N–H and O–H groups in total. The SMILES string of the molecule is Nc1nsc(NCC2CCCC2)c1-c1ccccc1. The minimum absolute atomic E-state index is 0.630. The lowest BCUT2D eigenvalue weighted by Crippen LogP contribution is -2.10. The summed E-state index contributed by atoms with van der Waals surface area (Å²) in [7, 11) is 0. The molecule has 0 unspecified atom stereocenters. The molecule has 1 aliphatic carbocycles. The van der Waals surface area contributed by atoms with Gasteiger partial charge in [0.05, 0.1) is 5.56 Å². The van der Waals surface area contributed by atoms with Crippen molar-refractivity contribution in [3.05, 3.63) is 30.3 Å². The number of rotatable bonds is 4. The van der Waals surface area contributed by atoms with E-state index in [1.165, 1.54) is 37.2 Å². The van der Waals surface area contributed by atoms with Gasteiger partial charge in [-0.1, -0.05) is 43.2 Å². The van der Waals surface area contributed by atoms with Crippen molar-refractivity contribution in [2.75, 3.05) is 17.6 Å². The van der Waals surface area contributed by atoms with Gasteiger partial charge in [-0.15, -0.1) is 0 Å². The normalized spacial score (nSPS) is 15.8. The van der Waals surface area contributed by atoms with Gasteiger partial charge in [0.1, 0.15) is 10.8 Å². The lowest BCUT2D eigenvalue weighted by molar-refractivity contribution is 0.580. The Balaban J connectivity index is 1.78. The fourth-order valence-corrected chi connectivity index (χ4v) is 3.50. The molecule has 19 heavy (non-hydrogen) atoms. The third kappa shape index (κ3) is 2.73. The summed E-state index contributed by atoms with van der Waals surface area (Å²) >= 11 is 1.47. The zero-order valence-electron chi connectivity index (χ0n) is 10.9. The number of hydrogen-bond acceptors (Lipinski definition) is 4. The number of anilines is 2. The minimum atomic E-state index is 0.630. The van der Waals surface area contributed by atoms with E-state index in [9.17, 15) is 0 Å². The molecule has 1 aromatic carbocycles. The van der Waals surface area contributed by atoms with Crippen LogP contribution in [0, 0.1) is 5.92 Å². The third-order valence-corrected chi connectivity index (χ3v) is 4.63. The Labute approximate surface area is 118 Å². The van der Waals surface area contributed by atoms with Gasteiger partial charge in [-0.3, -0.25) is 0 Å². The molecule has 0 bridgehead atoms. The molecule has 0 aliphatic heterocycles. The van der Waals surface area contributed by atoms with Gasteiger partial charge in [0.2, 0.25) is 0 Å². The van der Waals surface area contributed by atoms with Crippen LogP contribution < -0.4 is 11.1 Å². The monoisotopic (exact) mass is 273 g/mol. The molecule has 4 heteroatoms. The number of aromatic nitrogens is 1. The summed E-state index contributed by atoms with van der Waals surface area (Å²) in [5, 5.41) is 4.66. The number of nitrogen functional groups attached to an aromatic ring is 1. The van der Waals surface area contributed by atoms with Crippen LogP contribution >= 0.6 is 11.5 Å². The maximum Gasteiger partial charge on any atom is 0.147 e. The highest BCUT2D eigenvalue weighted by Gasteiger charge is 2.17. The minimum Gasteiger partial charge on any atom is -0.382 e. The van der Waals surface area contributed by atoms with Gasteiger partial charge in [-0.05, 0) is 35.9 Å². The molecule has 3 rings (SSSR count). The van der Waals surface area contributed by atoms with Crippen LogP contribution in [-0.2, 0) is 0 Å². The predicted molar refractivity (Wildman–Crippen MR) is 82.4 cm³/mol. The Morgan fingerprint density at radius 1 is 1.21 bits per heavy atom. The quantitative estimate of drug-likeness (QED) is 0.885. The van der Waals surface area contributed by atoms with Crippen molar-refractivity contribution in [2.45, 2.75) is 25.7 Å². The first-order valence-electron chi connectivity index (χ1n) is 6.89. The average molecular weight is 273 g/mol. The van der Waals surface area contributed by atoms with E-state index in [0.29, 0.717) is 5.82 Å². The molecule has 2 aromatic rings.